The number of hydrogen-bond acceptors (Lipinski definition) is 2. The second-order valence-electron chi connectivity index (χ2n) is 5.07. The second kappa shape index (κ2) is 3.59. The standard InChI is InChI=1S/C10H18N2O2/c1-10(2,3)6-7-5-8(13)12(4)9(14)11-7/h7H,5-6H2,1-4H3,(H,11,14). The first-order chi connectivity index (χ1) is 6.29. The molecule has 1 atom stereocenters. The zero-order valence-corrected chi connectivity index (χ0v) is 9.26. The minimum Gasteiger partial charge on any atom is -0.334 e. The maximum atomic E-state index is 11.4. The maximum Gasteiger partial charge on any atom is 0.324 e. The van der Waals surface area contributed by atoms with Crippen LogP contribution in [0.4, 0.5) is 4.79 Å². The summed E-state index contributed by atoms with van der Waals surface area (Å²) >= 11 is 0. The van der Waals surface area contributed by atoms with E-state index >= 15 is 0 Å². The summed E-state index contributed by atoms with van der Waals surface area (Å²) in [6, 6.07) is -0.290. The summed E-state index contributed by atoms with van der Waals surface area (Å²) in [5.41, 5.74) is 0.133. The van der Waals surface area contributed by atoms with Crippen molar-refractivity contribution in [1.82, 2.24) is 10.2 Å². The Hall–Kier alpha value is -1.06. The van der Waals surface area contributed by atoms with Gasteiger partial charge in [0, 0.05) is 19.5 Å². The normalized spacial score (nSPS) is 23.7. The molecule has 1 unspecified atom stereocenters. The van der Waals surface area contributed by atoms with Crippen LogP contribution in [0.1, 0.15) is 33.6 Å². The van der Waals surface area contributed by atoms with Crippen LogP contribution < -0.4 is 5.32 Å². The van der Waals surface area contributed by atoms with Gasteiger partial charge in [-0.15, -0.1) is 0 Å². The van der Waals surface area contributed by atoms with Crippen molar-refractivity contribution in [2.45, 2.75) is 39.7 Å². The molecule has 1 aliphatic rings. The van der Waals surface area contributed by atoms with Crippen LogP contribution in [0.25, 0.3) is 0 Å². The lowest BCUT2D eigenvalue weighted by Gasteiger charge is -2.32. The van der Waals surface area contributed by atoms with E-state index in [2.05, 4.69) is 26.1 Å². The molecule has 1 saturated heterocycles. The lowest BCUT2D eigenvalue weighted by atomic mass is 9.86. The second-order valence-corrected chi connectivity index (χ2v) is 5.07. The van der Waals surface area contributed by atoms with Crippen molar-refractivity contribution < 1.29 is 9.59 Å². The number of urea groups is 1. The first-order valence-corrected chi connectivity index (χ1v) is 4.86. The van der Waals surface area contributed by atoms with Crippen molar-refractivity contribution in [3.63, 3.8) is 0 Å². The van der Waals surface area contributed by atoms with Crippen molar-refractivity contribution in [3.8, 4) is 0 Å². The van der Waals surface area contributed by atoms with Crippen LogP contribution in [-0.2, 0) is 4.79 Å². The third-order valence-electron chi connectivity index (χ3n) is 2.29. The van der Waals surface area contributed by atoms with Crippen LogP contribution >= 0.6 is 0 Å². The summed E-state index contributed by atoms with van der Waals surface area (Å²) in [6.45, 7) is 6.30. The number of carbonyl (C=O) groups excluding carboxylic acids is 2. The maximum absolute atomic E-state index is 11.4. The zero-order chi connectivity index (χ0) is 10.9. The first kappa shape index (κ1) is 11.0. The predicted octanol–water partition coefficient (Wildman–Crippen LogP) is 1.36. The highest BCUT2D eigenvalue weighted by molar-refractivity contribution is 5.96. The quantitative estimate of drug-likeness (QED) is 0.691. The van der Waals surface area contributed by atoms with Crippen molar-refractivity contribution >= 4 is 11.9 Å². The number of nitrogens with zero attached hydrogens (tertiary/aromatic N) is 1. The van der Waals surface area contributed by atoms with Gasteiger partial charge in [0.05, 0.1) is 0 Å². The summed E-state index contributed by atoms with van der Waals surface area (Å²) in [6.07, 6.45) is 1.25. The van der Waals surface area contributed by atoms with Crippen molar-refractivity contribution in [3.05, 3.63) is 0 Å². The molecule has 3 amide bonds. The summed E-state index contributed by atoms with van der Waals surface area (Å²) in [5, 5.41) is 2.82. The molecule has 1 N–H and O–H groups in total. The average molecular weight is 198 g/mol. The van der Waals surface area contributed by atoms with E-state index in [1.807, 2.05) is 0 Å². The van der Waals surface area contributed by atoms with E-state index in [-0.39, 0.29) is 23.4 Å². The summed E-state index contributed by atoms with van der Waals surface area (Å²) in [7, 11) is 1.50. The zero-order valence-electron chi connectivity index (χ0n) is 9.26. The third-order valence-corrected chi connectivity index (χ3v) is 2.29. The van der Waals surface area contributed by atoms with Gasteiger partial charge in [0.15, 0.2) is 0 Å². The van der Waals surface area contributed by atoms with Gasteiger partial charge < -0.3 is 5.32 Å². The smallest absolute Gasteiger partial charge is 0.324 e. The lowest BCUT2D eigenvalue weighted by molar-refractivity contribution is -0.129. The van der Waals surface area contributed by atoms with Gasteiger partial charge in [0.1, 0.15) is 0 Å². The highest BCUT2D eigenvalue weighted by atomic mass is 16.2. The van der Waals surface area contributed by atoms with Gasteiger partial charge in [-0.05, 0) is 11.8 Å². The number of nitrogens with one attached hydrogen (secondary N) is 1. The largest absolute Gasteiger partial charge is 0.334 e. The van der Waals surface area contributed by atoms with E-state index in [1.54, 1.807) is 0 Å². The Bertz CT molecular complexity index is 237. The summed E-state index contributed by atoms with van der Waals surface area (Å²) in [5.74, 6) is -0.0944. The molecule has 14 heavy (non-hydrogen) atoms. The molecule has 0 saturated carbocycles. The number of amides is 3. The molecule has 0 radical (unpaired) electrons. The average Bonchev–Trinajstić information content (AvgIpc) is 1.96. The molecule has 4 heteroatoms. The number of imide groups is 1. The Morgan fingerprint density at radius 1 is 1.43 bits per heavy atom. The highest BCUT2D eigenvalue weighted by Crippen LogP contribution is 2.23. The molecule has 0 bridgehead atoms. The van der Waals surface area contributed by atoms with Crippen molar-refractivity contribution in [1.29, 1.82) is 0 Å². The van der Waals surface area contributed by atoms with E-state index in [4.69, 9.17) is 0 Å². The van der Waals surface area contributed by atoms with E-state index < -0.39 is 0 Å². The van der Waals surface area contributed by atoms with Crippen LogP contribution in [0.15, 0.2) is 0 Å². The van der Waals surface area contributed by atoms with E-state index in [0.29, 0.717) is 6.42 Å². The molecule has 1 aliphatic heterocycles. The van der Waals surface area contributed by atoms with Crippen LogP contribution in [0.5, 0.6) is 0 Å². The van der Waals surface area contributed by atoms with Gasteiger partial charge in [-0.1, -0.05) is 20.8 Å². The Morgan fingerprint density at radius 2 is 2.00 bits per heavy atom. The number of carbonyl (C=O) groups is 2. The van der Waals surface area contributed by atoms with Crippen molar-refractivity contribution in [2.24, 2.45) is 5.41 Å². The summed E-state index contributed by atoms with van der Waals surface area (Å²) in [4.78, 5) is 23.8. The molecule has 0 spiro atoms. The fourth-order valence-electron chi connectivity index (χ4n) is 1.65. The minimum absolute atomic E-state index is 0.00815. The molecule has 0 aromatic heterocycles. The molecule has 1 fully saturated rings. The van der Waals surface area contributed by atoms with Crippen LogP contribution in [0, 0.1) is 5.41 Å². The molecular weight excluding hydrogens is 180 g/mol. The van der Waals surface area contributed by atoms with Gasteiger partial charge in [0.2, 0.25) is 5.91 Å². The SMILES string of the molecule is CN1C(=O)CC(CC(C)(C)C)NC1=O. The Balaban J connectivity index is 2.59. The van der Waals surface area contributed by atoms with Gasteiger partial charge in [0.25, 0.3) is 0 Å². The summed E-state index contributed by atoms with van der Waals surface area (Å²) < 4.78 is 0. The monoisotopic (exact) mass is 198 g/mol. The van der Waals surface area contributed by atoms with Gasteiger partial charge in [-0.2, -0.15) is 0 Å². The van der Waals surface area contributed by atoms with E-state index in [1.165, 1.54) is 7.05 Å². The fraction of sp³-hybridized carbons (Fsp3) is 0.800. The molecule has 1 heterocycles. The van der Waals surface area contributed by atoms with E-state index in [0.717, 1.165) is 11.3 Å². The number of hydrogen-bond donors (Lipinski definition) is 1. The molecule has 0 aromatic rings. The third kappa shape index (κ3) is 2.72. The lowest BCUT2D eigenvalue weighted by Crippen LogP contribution is -2.53. The molecule has 4 nitrogen and oxygen atoms in total. The van der Waals surface area contributed by atoms with Gasteiger partial charge >= 0.3 is 6.03 Å². The Labute approximate surface area is 84.7 Å². The van der Waals surface area contributed by atoms with E-state index in [9.17, 15) is 9.59 Å². The number of rotatable bonds is 1. The highest BCUT2D eigenvalue weighted by Gasteiger charge is 2.31. The molecular formula is C10H18N2O2. The molecule has 0 aromatic carbocycles. The minimum atomic E-state index is -0.282. The van der Waals surface area contributed by atoms with Crippen LogP contribution in [0.2, 0.25) is 0 Å². The molecule has 0 aliphatic carbocycles. The predicted molar refractivity (Wildman–Crippen MR) is 53.8 cm³/mol. The molecule has 1 rings (SSSR count). The van der Waals surface area contributed by atoms with Gasteiger partial charge in [-0.25, -0.2) is 4.79 Å². The molecule has 80 valence electrons. The topological polar surface area (TPSA) is 49.4 Å². The fourth-order valence-corrected chi connectivity index (χ4v) is 1.65. The van der Waals surface area contributed by atoms with Crippen molar-refractivity contribution in [2.75, 3.05) is 7.05 Å². The van der Waals surface area contributed by atoms with Crippen LogP contribution in [0.3, 0.4) is 0 Å². The first-order valence-electron chi connectivity index (χ1n) is 4.86. The van der Waals surface area contributed by atoms with Crippen LogP contribution in [-0.4, -0.2) is 29.9 Å². The Kier molecular flexibility index (Phi) is 2.83. The Morgan fingerprint density at radius 3 is 2.43 bits per heavy atom. The van der Waals surface area contributed by atoms with Gasteiger partial charge in [-0.3, -0.25) is 9.69 Å².